The van der Waals surface area contributed by atoms with Crippen molar-refractivity contribution in [1.29, 1.82) is 0 Å². The molecule has 2 atom stereocenters. The first-order valence-electron chi connectivity index (χ1n) is 7.84. The van der Waals surface area contributed by atoms with E-state index in [1.54, 1.807) is 7.11 Å². The number of hydrogen-bond acceptors (Lipinski definition) is 3. The average molecular weight is 288 g/mol. The molecule has 21 heavy (non-hydrogen) atoms. The van der Waals surface area contributed by atoms with E-state index in [9.17, 15) is 4.79 Å². The Bertz CT molecular complexity index is 513. The zero-order chi connectivity index (χ0) is 14.8. The van der Waals surface area contributed by atoms with Gasteiger partial charge in [0.2, 0.25) is 5.91 Å². The van der Waals surface area contributed by atoms with Gasteiger partial charge in [-0.3, -0.25) is 4.79 Å². The number of likely N-dealkylation sites (tertiary alicyclic amines) is 1. The summed E-state index contributed by atoms with van der Waals surface area (Å²) >= 11 is 0. The van der Waals surface area contributed by atoms with Gasteiger partial charge in [0, 0.05) is 25.6 Å². The van der Waals surface area contributed by atoms with Gasteiger partial charge in [-0.15, -0.1) is 0 Å². The van der Waals surface area contributed by atoms with E-state index in [0.717, 1.165) is 36.7 Å². The SMILES string of the molecule is COc1ccccc1CCC(=O)N1C[C@@H](N)[C@H](C2CC2)C1. The molecule has 1 aromatic carbocycles. The normalized spacial score (nSPS) is 25.1. The largest absolute Gasteiger partial charge is 0.496 e. The van der Waals surface area contributed by atoms with Crippen molar-refractivity contribution in [1.82, 2.24) is 4.90 Å². The van der Waals surface area contributed by atoms with Crippen molar-refractivity contribution in [2.75, 3.05) is 20.2 Å². The number of para-hydroxylation sites is 1. The minimum Gasteiger partial charge on any atom is -0.496 e. The average Bonchev–Trinajstić information content (AvgIpc) is 3.27. The quantitative estimate of drug-likeness (QED) is 0.899. The number of carbonyl (C=O) groups excluding carboxylic acids is 1. The molecule has 1 saturated carbocycles. The molecule has 0 bridgehead atoms. The van der Waals surface area contributed by atoms with Crippen LogP contribution < -0.4 is 10.5 Å². The van der Waals surface area contributed by atoms with Crippen molar-refractivity contribution < 1.29 is 9.53 Å². The molecule has 4 heteroatoms. The van der Waals surface area contributed by atoms with Crippen LogP contribution in [0.15, 0.2) is 24.3 Å². The summed E-state index contributed by atoms with van der Waals surface area (Å²) in [6.45, 7) is 1.59. The van der Waals surface area contributed by atoms with Crippen LogP contribution >= 0.6 is 0 Å². The molecule has 2 fully saturated rings. The van der Waals surface area contributed by atoms with Gasteiger partial charge in [0.1, 0.15) is 5.75 Å². The minimum absolute atomic E-state index is 0.174. The van der Waals surface area contributed by atoms with Crippen molar-refractivity contribution in [3.05, 3.63) is 29.8 Å². The summed E-state index contributed by atoms with van der Waals surface area (Å²) in [4.78, 5) is 14.3. The third kappa shape index (κ3) is 3.21. The molecule has 1 aliphatic heterocycles. The van der Waals surface area contributed by atoms with Crippen molar-refractivity contribution >= 4 is 5.91 Å². The number of ether oxygens (including phenoxy) is 1. The number of nitrogens with zero attached hydrogens (tertiary/aromatic N) is 1. The second-order valence-electron chi connectivity index (χ2n) is 6.28. The Morgan fingerprint density at radius 2 is 2.10 bits per heavy atom. The maximum Gasteiger partial charge on any atom is 0.222 e. The van der Waals surface area contributed by atoms with E-state index >= 15 is 0 Å². The molecule has 1 amide bonds. The van der Waals surface area contributed by atoms with Gasteiger partial charge >= 0.3 is 0 Å². The fraction of sp³-hybridized carbons (Fsp3) is 0.588. The number of nitrogens with two attached hydrogens (primary N) is 1. The Morgan fingerprint density at radius 1 is 1.33 bits per heavy atom. The first kappa shape index (κ1) is 14.4. The van der Waals surface area contributed by atoms with Gasteiger partial charge in [0.25, 0.3) is 0 Å². The molecule has 1 aromatic rings. The number of hydrogen-bond donors (Lipinski definition) is 1. The van der Waals surface area contributed by atoms with Crippen LogP contribution in [0.5, 0.6) is 5.75 Å². The van der Waals surface area contributed by atoms with Crippen molar-refractivity contribution in [3.8, 4) is 5.75 Å². The number of benzene rings is 1. The molecule has 1 aliphatic carbocycles. The van der Waals surface area contributed by atoms with Crippen LogP contribution in [0.25, 0.3) is 0 Å². The Morgan fingerprint density at radius 3 is 2.81 bits per heavy atom. The molecule has 2 N–H and O–H groups in total. The Kier molecular flexibility index (Phi) is 4.15. The summed E-state index contributed by atoms with van der Waals surface area (Å²) in [6.07, 6.45) is 3.84. The zero-order valence-electron chi connectivity index (χ0n) is 12.6. The van der Waals surface area contributed by atoms with E-state index in [1.165, 1.54) is 12.8 Å². The highest BCUT2D eigenvalue weighted by molar-refractivity contribution is 5.77. The predicted molar refractivity (Wildman–Crippen MR) is 82.1 cm³/mol. The molecule has 1 heterocycles. The molecule has 3 rings (SSSR count). The van der Waals surface area contributed by atoms with E-state index < -0.39 is 0 Å². The Balaban J connectivity index is 1.54. The molecule has 4 nitrogen and oxygen atoms in total. The van der Waals surface area contributed by atoms with Crippen LogP contribution in [0.1, 0.15) is 24.8 Å². The van der Waals surface area contributed by atoms with Crippen molar-refractivity contribution in [2.24, 2.45) is 17.6 Å². The smallest absolute Gasteiger partial charge is 0.222 e. The fourth-order valence-electron chi connectivity index (χ4n) is 3.39. The van der Waals surface area contributed by atoms with Crippen LogP contribution in [0.2, 0.25) is 0 Å². The van der Waals surface area contributed by atoms with E-state index in [4.69, 9.17) is 10.5 Å². The third-order valence-corrected chi connectivity index (χ3v) is 4.79. The van der Waals surface area contributed by atoms with Crippen LogP contribution in [-0.2, 0) is 11.2 Å². The molecule has 114 valence electrons. The molecule has 0 spiro atoms. The van der Waals surface area contributed by atoms with E-state index in [0.29, 0.717) is 12.3 Å². The third-order valence-electron chi connectivity index (χ3n) is 4.79. The molecule has 0 radical (unpaired) electrons. The van der Waals surface area contributed by atoms with Gasteiger partial charge in [-0.25, -0.2) is 0 Å². The molecule has 1 saturated heterocycles. The lowest BCUT2D eigenvalue weighted by Crippen LogP contribution is -2.32. The minimum atomic E-state index is 0.174. The highest BCUT2D eigenvalue weighted by Crippen LogP contribution is 2.41. The predicted octanol–water partition coefficient (Wildman–Crippen LogP) is 1.82. The van der Waals surface area contributed by atoms with Gasteiger partial charge in [0.15, 0.2) is 0 Å². The number of methoxy groups -OCH3 is 1. The van der Waals surface area contributed by atoms with Gasteiger partial charge in [-0.2, -0.15) is 0 Å². The maximum atomic E-state index is 12.4. The summed E-state index contributed by atoms with van der Waals surface area (Å²) < 4.78 is 5.33. The first-order valence-corrected chi connectivity index (χ1v) is 7.84. The lowest BCUT2D eigenvalue weighted by atomic mass is 9.99. The standard InChI is InChI=1S/C17H24N2O2/c1-21-16-5-3-2-4-13(16)8-9-17(20)19-10-14(12-6-7-12)15(18)11-19/h2-5,12,14-15H,6-11,18H2,1H3/t14-,15+/m0/s1. The zero-order valence-corrected chi connectivity index (χ0v) is 12.6. The molecule has 2 aliphatic rings. The first-order chi connectivity index (χ1) is 10.2. The number of amides is 1. The monoisotopic (exact) mass is 288 g/mol. The second kappa shape index (κ2) is 6.06. The van der Waals surface area contributed by atoms with Gasteiger partial charge in [-0.05, 0) is 42.7 Å². The topological polar surface area (TPSA) is 55.6 Å². The summed E-state index contributed by atoms with van der Waals surface area (Å²) in [6, 6.07) is 8.07. The molecular weight excluding hydrogens is 264 g/mol. The fourth-order valence-corrected chi connectivity index (χ4v) is 3.39. The summed E-state index contributed by atoms with van der Waals surface area (Å²) in [5.74, 6) is 2.38. The number of rotatable bonds is 5. The molecule has 0 aromatic heterocycles. The lowest BCUT2D eigenvalue weighted by Gasteiger charge is -2.16. The summed E-state index contributed by atoms with van der Waals surface area (Å²) in [5, 5.41) is 0. The van der Waals surface area contributed by atoms with Crippen LogP contribution in [0.3, 0.4) is 0 Å². The molecule has 0 unspecified atom stereocenters. The second-order valence-corrected chi connectivity index (χ2v) is 6.28. The van der Waals surface area contributed by atoms with Gasteiger partial charge in [0.05, 0.1) is 7.11 Å². The number of aryl methyl sites for hydroxylation is 1. The molecular formula is C17H24N2O2. The summed E-state index contributed by atoms with van der Waals surface area (Å²) in [7, 11) is 1.67. The van der Waals surface area contributed by atoms with E-state index in [-0.39, 0.29) is 11.9 Å². The highest BCUT2D eigenvalue weighted by atomic mass is 16.5. The van der Waals surface area contributed by atoms with Gasteiger partial charge < -0.3 is 15.4 Å². The highest BCUT2D eigenvalue weighted by Gasteiger charge is 2.41. The van der Waals surface area contributed by atoms with Gasteiger partial charge in [-0.1, -0.05) is 18.2 Å². The lowest BCUT2D eigenvalue weighted by molar-refractivity contribution is -0.130. The Labute approximate surface area is 126 Å². The van der Waals surface area contributed by atoms with Crippen LogP contribution in [-0.4, -0.2) is 37.0 Å². The van der Waals surface area contributed by atoms with Crippen LogP contribution in [0.4, 0.5) is 0 Å². The maximum absolute atomic E-state index is 12.4. The Hall–Kier alpha value is -1.55. The van der Waals surface area contributed by atoms with E-state index in [1.807, 2.05) is 29.2 Å². The number of carbonyl (C=O) groups is 1. The van der Waals surface area contributed by atoms with Crippen molar-refractivity contribution in [2.45, 2.75) is 31.7 Å². The summed E-state index contributed by atoms with van der Waals surface area (Å²) in [5.41, 5.74) is 7.28. The van der Waals surface area contributed by atoms with Crippen LogP contribution in [0, 0.1) is 11.8 Å². The van der Waals surface area contributed by atoms with E-state index in [2.05, 4.69) is 0 Å². The van der Waals surface area contributed by atoms with Crippen molar-refractivity contribution in [3.63, 3.8) is 0 Å².